The Morgan fingerprint density at radius 3 is 2.92 bits per heavy atom. The van der Waals surface area contributed by atoms with Crippen LogP contribution in [0.15, 0.2) is 29.3 Å². The van der Waals surface area contributed by atoms with Gasteiger partial charge in [0.2, 0.25) is 6.08 Å². The maximum Gasteiger partial charge on any atom is 0.240 e. The lowest BCUT2D eigenvalue weighted by atomic mass is 10.1. The van der Waals surface area contributed by atoms with Crippen LogP contribution in [0.2, 0.25) is 0 Å². The molecule has 0 N–H and O–H groups in total. The highest BCUT2D eigenvalue weighted by atomic mass is 19.1. The molecule has 1 atom stereocenters. The summed E-state index contributed by atoms with van der Waals surface area (Å²) in [5.74, 6) is 0. The molecule has 1 aromatic rings. The van der Waals surface area contributed by atoms with Crippen LogP contribution < -0.4 is 0 Å². The topological polar surface area (TPSA) is 29.4 Å². The fraction of sp³-hybridized carbons (Fsp3) is 0.222. The average Bonchev–Trinajstić information content (AvgIpc) is 2.05. The molecule has 3 heteroatoms. The van der Waals surface area contributed by atoms with Crippen LogP contribution in [0.4, 0.5) is 10.1 Å². The minimum atomic E-state index is -1.04. The van der Waals surface area contributed by atoms with Gasteiger partial charge in [-0.3, -0.25) is 0 Å². The van der Waals surface area contributed by atoms with Crippen molar-refractivity contribution in [2.24, 2.45) is 4.99 Å². The molecule has 0 radical (unpaired) electrons. The second-order valence-electron chi connectivity index (χ2n) is 2.41. The maximum atomic E-state index is 12.7. The SMILES string of the molecule is CC(F)c1cccc(N=C=O)c1. The van der Waals surface area contributed by atoms with Crippen LogP contribution in [0.5, 0.6) is 0 Å². The predicted molar refractivity (Wildman–Crippen MR) is 43.7 cm³/mol. The summed E-state index contributed by atoms with van der Waals surface area (Å²) in [6, 6.07) is 6.45. The molecular formula is C9H8FNO. The zero-order valence-corrected chi connectivity index (χ0v) is 6.62. The van der Waals surface area contributed by atoms with E-state index in [0.717, 1.165) is 0 Å². The van der Waals surface area contributed by atoms with Crippen LogP contribution in [0, 0.1) is 0 Å². The number of hydrogen-bond acceptors (Lipinski definition) is 2. The van der Waals surface area contributed by atoms with Gasteiger partial charge in [0.15, 0.2) is 0 Å². The van der Waals surface area contributed by atoms with Crippen molar-refractivity contribution in [1.29, 1.82) is 0 Å². The van der Waals surface area contributed by atoms with Gasteiger partial charge >= 0.3 is 0 Å². The van der Waals surface area contributed by atoms with Gasteiger partial charge < -0.3 is 0 Å². The van der Waals surface area contributed by atoms with E-state index in [1.54, 1.807) is 18.2 Å². The van der Waals surface area contributed by atoms with Gasteiger partial charge in [-0.05, 0) is 24.6 Å². The molecule has 12 heavy (non-hydrogen) atoms. The van der Waals surface area contributed by atoms with Crippen molar-refractivity contribution >= 4 is 11.8 Å². The van der Waals surface area contributed by atoms with E-state index >= 15 is 0 Å². The maximum absolute atomic E-state index is 12.7. The molecule has 2 nitrogen and oxygen atoms in total. The lowest BCUT2D eigenvalue weighted by Gasteiger charge is -2.00. The molecule has 0 saturated carbocycles. The van der Waals surface area contributed by atoms with Gasteiger partial charge in [0, 0.05) is 0 Å². The Bertz CT molecular complexity index is 316. The number of alkyl halides is 1. The number of carbonyl (C=O) groups excluding carboxylic acids is 1. The van der Waals surface area contributed by atoms with Crippen molar-refractivity contribution in [3.8, 4) is 0 Å². The highest BCUT2D eigenvalue weighted by molar-refractivity contribution is 5.50. The molecule has 0 aliphatic carbocycles. The van der Waals surface area contributed by atoms with Gasteiger partial charge in [0.05, 0.1) is 5.69 Å². The molecule has 0 fully saturated rings. The molecule has 1 rings (SSSR count). The van der Waals surface area contributed by atoms with Gasteiger partial charge in [-0.15, -0.1) is 0 Å². The molecule has 0 amide bonds. The third-order valence-corrected chi connectivity index (χ3v) is 1.50. The van der Waals surface area contributed by atoms with Crippen LogP contribution in [-0.2, 0) is 4.79 Å². The monoisotopic (exact) mass is 165 g/mol. The third kappa shape index (κ3) is 2.01. The van der Waals surface area contributed by atoms with Crippen LogP contribution in [0.3, 0.4) is 0 Å². The third-order valence-electron chi connectivity index (χ3n) is 1.50. The first-order valence-corrected chi connectivity index (χ1v) is 3.56. The highest BCUT2D eigenvalue weighted by Crippen LogP contribution is 2.21. The van der Waals surface area contributed by atoms with Gasteiger partial charge in [-0.1, -0.05) is 12.1 Å². The van der Waals surface area contributed by atoms with Gasteiger partial charge in [0.25, 0.3) is 0 Å². The quantitative estimate of drug-likeness (QED) is 0.489. The molecule has 0 heterocycles. The van der Waals surface area contributed by atoms with Gasteiger partial charge in [-0.2, -0.15) is 4.99 Å². The molecule has 62 valence electrons. The van der Waals surface area contributed by atoms with E-state index in [4.69, 9.17) is 0 Å². The summed E-state index contributed by atoms with van der Waals surface area (Å²) in [6.07, 6.45) is 0.367. The van der Waals surface area contributed by atoms with E-state index < -0.39 is 6.17 Å². The first kappa shape index (κ1) is 8.62. The normalized spacial score (nSPS) is 11.8. The second-order valence-corrected chi connectivity index (χ2v) is 2.41. The minimum absolute atomic E-state index is 0.437. The Labute approximate surface area is 69.7 Å². The van der Waals surface area contributed by atoms with E-state index in [9.17, 15) is 9.18 Å². The molecule has 0 aliphatic rings. The molecule has 0 aromatic heterocycles. The number of aliphatic imine (C=N–C) groups is 1. The average molecular weight is 165 g/mol. The summed E-state index contributed by atoms with van der Waals surface area (Å²) in [6.45, 7) is 1.43. The van der Waals surface area contributed by atoms with Crippen molar-refractivity contribution in [3.05, 3.63) is 29.8 Å². The van der Waals surface area contributed by atoms with E-state index in [0.29, 0.717) is 11.3 Å². The zero-order chi connectivity index (χ0) is 8.97. The highest BCUT2D eigenvalue weighted by Gasteiger charge is 2.01. The van der Waals surface area contributed by atoms with E-state index in [-0.39, 0.29) is 0 Å². The number of benzene rings is 1. The fourth-order valence-electron chi connectivity index (χ4n) is 0.894. The summed E-state index contributed by atoms with van der Waals surface area (Å²) in [5.41, 5.74) is 0.957. The zero-order valence-electron chi connectivity index (χ0n) is 6.62. The van der Waals surface area contributed by atoms with Crippen molar-refractivity contribution < 1.29 is 9.18 Å². The van der Waals surface area contributed by atoms with Crippen molar-refractivity contribution in [3.63, 3.8) is 0 Å². The largest absolute Gasteiger partial charge is 0.243 e. The standard InChI is InChI=1S/C9H8FNO/c1-7(10)8-3-2-4-9(5-8)11-6-12/h2-5,7H,1H3. The Morgan fingerprint density at radius 1 is 1.58 bits per heavy atom. The van der Waals surface area contributed by atoms with Crippen molar-refractivity contribution in [1.82, 2.24) is 0 Å². The summed E-state index contributed by atoms with van der Waals surface area (Å²) < 4.78 is 12.7. The molecular weight excluding hydrogens is 157 g/mol. The Balaban J connectivity index is 3.03. The lowest BCUT2D eigenvalue weighted by Crippen LogP contribution is -1.82. The van der Waals surface area contributed by atoms with E-state index in [1.165, 1.54) is 19.1 Å². The Kier molecular flexibility index (Phi) is 2.72. The fourth-order valence-corrected chi connectivity index (χ4v) is 0.894. The number of isocyanates is 1. The molecule has 1 aromatic carbocycles. The lowest BCUT2D eigenvalue weighted by molar-refractivity contribution is 0.374. The Morgan fingerprint density at radius 2 is 2.33 bits per heavy atom. The number of halogens is 1. The van der Waals surface area contributed by atoms with Crippen molar-refractivity contribution in [2.75, 3.05) is 0 Å². The second kappa shape index (κ2) is 3.79. The molecule has 0 saturated heterocycles. The van der Waals surface area contributed by atoms with E-state index in [1.807, 2.05) is 0 Å². The number of hydrogen-bond donors (Lipinski definition) is 0. The van der Waals surface area contributed by atoms with Crippen LogP contribution in [-0.4, -0.2) is 6.08 Å². The molecule has 0 aliphatic heterocycles. The Hall–Kier alpha value is -1.47. The minimum Gasteiger partial charge on any atom is -0.243 e. The first-order valence-electron chi connectivity index (χ1n) is 3.56. The van der Waals surface area contributed by atoms with E-state index in [2.05, 4.69) is 4.99 Å². The summed E-state index contributed by atoms with van der Waals surface area (Å²) in [4.78, 5) is 13.2. The summed E-state index contributed by atoms with van der Waals surface area (Å²) in [5, 5.41) is 0. The summed E-state index contributed by atoms with van der Waals surface area (Å²) >= 11 is 0. The van der Waals surface area contributed by atoms with Crippen LogP contribution in [0.25, 0.3) is 0 Å². The molecule has 0 spiro atoms. The van der Waals surface area contributed by atoms with Crippen molar-refractivity contribution in [2.45, 2.75) is 13.1 Å². The molecule has 0 bridgehead atoms. The first-order chi connectivity index (χ1) is 5.74. The van der Waals surface area contributed by atoms with Crippen LogP contribution in [0.1, 0.15) is 18.7 Å². The molecule has 1 unspecified atom stereocenters. The van der Waals surface area contributed by atoms with Gasteiger partial charge in [0.1, 0.15) is 6.17 Å². The smallest absolute Gasteiger partial charge is 0.240 e. The van der Waals surface area contributed by atoms with Gasteiger partial charge in [-0.25, -0.2) is 9.18 Å². The predicted octanol–water partition coefficient (Wildman–Crippen LogP) is 2.68. The summed E-state index contributed by atoms with van der Waals surface area (Å²) in [7, 11) is 0. The number of nitrogens with zero attached hydrogens (tertiary/aromatic N) is 1. The van der Waals surface area contributed by atoms with Crippen LogP contribution >= 0.6 is 0 Å². The number of rotatable bonds is 2.